The second-order valence-electron chi connectivity index (χ2n) is 7.26. The van der Waals surface area contributed by atoms with E-state index in [0.717, 1.165) is 5.56 Å². The van der Waals surface area contributed by atoms with Gasteiger partial charge in [0.1, 0.15) is 6.04 Å². The Kier molecular flexibility index (Phi) is 9.05. The molecule has 31 heavy (non-hydrogen) atoms. The molecule has 2 aromatic rings. The van der Waals surface area contributed by atoms with Crippen molar-refractivity contribution in [1.29, 1.82) is 0 Å². The van der Waals surface area contributed by atoms with Crippen LogP contribution in [0.1, 0.15) is 42.3 Å². The van der Waals surface area contributed by atoms with Crippen LogP contribution in [0.15, 0.2) is 46.0 Å². The predicted octanol–water partition coefficient (Wildman–Crippen LogP) is 4.07. The number of benzene rings is 2. The molecule has 2 aromatic carbocycles. The van der Waals surface area contributed by atoms with Gasteiger partial charge in [-0.2, -0.15) is 5.10 Å². The van der Waals surface area contributed by atoms with Crippen molar-refractivity contribution in [2.45, 2.75) is 33.7 Å². The fourth-order valence-corrected chi connectivity index (χ4v) is 3.38. The van der Waals surface area contributed by atoms with Crippen LogP contribution in [0.25, 0.3) is 0 Å². The molecule has 2 amide bonds. The number of carbonyl (C=O) groups excluding carboxylic acids is 2. The predicted molar refractivity (Wildman–Crippen MR) is 125 cm³/mol. The lowest BCUT2D eigenvalue weighted by molar-refractivity contribution is -0.123. The third-order valence-corrected chi connectivity index (χ3v) is 5.07. The van der Waals surface area contributed by atoms with Crippen molar-refractivity contribution >= 4 is 34.0 Å². The number of methoxy groups -OCH3 is 1. The Morgan fingerprint density at radius 2 is 1.87 bits per heavy atom. The maximum Gasteiger partial charge on any atom is 0.262 e. The van der Waals surface area contributed by atoms with Crippen LogP contribution < -0.4 is 20.2 Å². The monoisotopic (exact) mass is 489 g/mol. The third kappa shape index (κ3) is 6.82. The quantitative estimate of drug-likeness (QED) is 0.410. The van der Waals surface area contributed by atoms with Crippen molar-refractivity contribution in [2.75, 3.05) is 13.7 Å². The molecule has 0 aliphatic rings. The first-order valence-corrected chi connectivity index (χ1v) is 10.8. The van der Waals surface area contributed by atoms with E-state index in [9.17, 15) is 9.59 Å². The number of ether oxygens (including phenoxy) is 2. The maximum absolute atomic E-state index is 12.6. The molecule has 0 fully saturated rings. The van der Waals surface area contributed by atoms with Crippen LogP contribution in [0.3, 0.4) is 0 Å². The van der Waals surface area contributed by atoms with E-state index in [1.54, 1.807) is 25.3 Å². The van der Waals surface area contributed by atoms with Crippen LogP contribution >= 0.6 is 15.9 Å². The molecule has 0 heterocycles. The van der Waals surface area contributed by atoms with Gasteiger partial charge in [-0.05, 0) is 65.5 Å². The average molecular weight is 490 g/mol. The number of aryl methyl sites for hydroxylation is 1. The molecule has 166 valence electrons. The molecule has 8 heteroatoms. The first-order valence-electron chi connectivity index (χ1n) is 9.97. The van der Waals surface area contributed by atoms with Crippen LogP contribution in [0.2, 0.25) is 0 Å². The zero-order chi connectivity index (χ0) is 23.0. The molecule has 0 bridgehead atoms. The van der Waals surface area contributed by atoms with Gasteiger partial charge in [0.2, 0.25) is 0 Å². The molecule has 1 atom stereocenters. The molecule has 0 spiro atoms. The van der Waals surface area contributed by atoms with Gasteiger partial charge in [-0.3, -0.25) is 9.59 Å². The largest absolute Gasteiger partial charge is 0.493 e. The summed E-state index contributed by atoms with van der Waals surface area (Å²) in [6.07, 6.45) is 1.50. The smallest absolute Gasteiger partial charge is 0.262 e. The van der Waals surface area contributed by atoms with Gasteiger partial charge in [-0.1, -0.05) is 31.5 Å². The van der Waals surface area contributed by atoms with E-state index in [1.165, 1.54) is 6.21 Å². The fourth-order valence-electron chi connectivity index (χ4n) is 2.80. The van der Waals surface area contributed by atoms with Crippen molar-refractivity contribution in [1.82, 2.24) is 10.7 Å². The Balaban J connectivity index is 2.07. The Labute approximate surface area is 191 Å². The number of nitrogens with zero attached hydrogens (tertiary/aromatic N) is 1. The topological polar surface area (TPSA) is 89.0 Å². The van der Waals surface area contributed by atoms with Crippen molar-refractivity contribution in [2.24, 2.45) is 11.0 Å². The average Bonchev–Trinajstić information content (AvgIpc) is 2.73. The summed E-state index contributed by atoms with van der Waals surface area (Å²) >= 11 is 3.46. The lowest BCUT2D eigenvalue weighted by Crippen LogP contribution is -2.48. The summed E-state index contributed by atoms with van der Waals surface area (Å²) < 4.78 is 11.6. The van der Waals surface area contributed by atoms with Gasteiger partial charge in [0.05, 0.1) is 24.4 Å². The summed E-state index contributed by atoms with van der Waals surface area (Å²) in [5.41, 5.74) is 4.77. The minimum atomic E-state index is -0.729. The number of rotatable bonds is 9. The second kappa shape index (κ2) is 11.5. The number of carbonyl (C=O) groups is 2. The van der Waals surface area contributed by atoms with E-state index >= 15 is 0 Å². The lowest BCUT2D eigenvalue weighted by Gasteiger charge is -2.20. The highest BCUT2D eigenvalue weighted by Crippen LogP contribution is 2.36. The molecular weight excluding hydrogens is 462 g/mol. The summed E-state index contributed by atoms with van der Waals surface area (Å²) in [7, 11) is 1.55. The van der Waals surface area contributed by atoms with Crippen LogP contribution in [0.5, 0.6) is 11.5 Å². The third-order valence-electron chi connectivity index (χ3n) is 4.48. The van der Waals surface area contributed by atoms with Crippen molar-refractivity contribution in [3.8, 4) is 11.5 Å². The standard InChI is InChI=1S/C23H28BrN3O4/c1-6-31-21-18(24)11-16(12-19(21)30-5)13-25-27-23(29)20(14(2)3)26-22(28)17-9-7-15(4)8-10-17/h7-14,20H,6H2,1-5H3,(H,26,28)(H,27,29)/b25-13-. The minimum Gasteiger partial charge on any atom is -0.493 e. The Hall–Kier alpha value is -2.87. The van der Waals surface area contributed by atoms with Gasteiger partial charge >= 0.3 is 0 Å². The van der Waals surface area contributed by atoms with E-state index < -0.39 is 11.9 Å². The van der Waals surface area contributed by atoms with Crippen molar-refractivity contribution in [3.05, 3.63) is 57.6 Å². The summed E-state index contributed by atoms with van der Waals surface area (Å²) in [4.78, 5) is 25.1. The highest BCUT2D eigenvalue weighted by Gasteiger charge is 2.24. The Bertz CT molecular complexity index is 943. The number of hydrogen-bond donors (Lipinski definition) is 2. The van der Waals surface area contributed by atoms with E-state index in [4.69, 9.17) is 9.47 Å². The summed E-state index contributed by atoms with van der Waals surface area (Å²) in [5.74, 6) is 0.324. The molecule has 0 saturated carbocycles. The zero-order valence-corrected chi connectivity index (χ0v) is 19.9. The Morgan fingerprint density at radius 3 is 2.45 bits per heavy atom. The highest BCUT2D eigenvalue weighted by atomic mass is 79.9. The van der Waals surface area contributed by atoms with Crippen molar-refractivity contribution < 1.29 is 19.1 Å². The summed E-state index contributed by atoms with van der Waals surface area (Å²) in [6, 6.07) is 10.0. The van der Waals surface area contributed by atoms with Crippen LogP contribution in [-0.4, -0.2) is 37.8 Å². The first-order chi connectivity index (χ1) is 14.8. The molecule has 0 aromatic heterocycles. The van der Waals surface area contributed by atoms with E-state index in [-0.39, 0.29) is 11.8 Å². The molecule has 1 unspecified atom stereocenters. The summed E-state index contributed by atoms with van der Waals surface area (Å²) in [6.45, 7) is 8.06. The Morgan fingerprint density at radius 1 is 1.19 bits per heavy atom. The number of halogens is 1. The van der Waals surface area contributed by atoms with Crippen molar-refractivity contribution in [3.63, 3.8) is 0 Å². The number of hydrazone groups is 1. The van der Waals surface area contributed by atoms with E-state index in [2.05, 4.69) is 31.8 Å². The zero-order valence-electron chi connectivity index (χ0n) is 18.4. The molecule has 7 nitrogen and oxygen atoms in total. The second-order valence-corrected chi connectivity index (χ2v) is 8.12. The van der Waals surface area contributed by atoms with Gasteiger partial charge in [-0.25, -0.2) is 5.43 Å². The molecular formula is C23H28BrN3O4. The SMILES string of the molecule is CCOc1c(Br)cc(/C=N\NC(=O)C(NC(=O)c2ccc(C)cc2)C(C)C)cc1OC. The lowest BCUT2D eigenvalue weighted by atomic mass is 10.0. The molecule has 0 radical (unpaired) electrons. The normalized spacial score (nSPS) is 12.0. The van der Waals surface area contributed by atoms with Gasteiger partial charge in [0.15, 0.2) is 11.5 Å². The maximum atomic E-state index is 12.6. The first kappa shape index (κ1) is 24.4. The van der Waals surface area contributed by atoms with Gasteiger partial charge < -0.3 is 14.8 Å². The number of hydrogen-bond acceptors (Lipinski definition) is 5. The van der Waals surface area contributed by atoms with Crippen LogP contribution in [0, 0.1) is 12.8 Å². The number of nitrogens with one attached hydrogen (secondary N) is 2. The van der Waals surface area contributed by atoms with Crippen LogP contribution in [0.4, 0.5) is 0 Å². The molecule has 2 N–H and O–H groups in total. The van der Waals surface area contributed by atoms with Gasteiger partial charge in [-0.15, -0.1) is 0 Å². The summed E-state index contributed by atoms with van der Waals surface area (Å²) in [5, 5.41) is 6.82. The van der Waals surface area contributed by atoms with Gasteiger partial charge in [0.25, 0.3) is 11.8 Å². The van der Waals surface area contributed by atoms with Gasteiger partial charge in [0, 0.05) is 5.56 Å². The van der Waals surface area contributed by atoms with Crippen LogP contribution in [-0.2, 0) is 4.79 Å². The van der Waals surface area contributed by atoms with E-state index in [0.29, 0.717) is 33.7 Å². The molecule has 0 aliphatic heterocycles. The highest BCUT2D eigenvalue weighted by molar-refractivity contribution is 9.10. The molecule has 0 aliphatic carbocycles. The minimum absolute atomic E-state index is 0.121. The molecule has 2 rings (SSSR count). The molecule has 0 saturated heterocycles. The fraction of sp³-hybridized carbons (Fsp3) is 0.348. The number of amides is 2. The van der Waals surface area contributed by atoms with E-state index in [1.807, 2.05) is 45.9 Å².